The number of nitrogens with zero attached hydrogens (tertiary/aromatic N) is 2. The highest BCUT2D eigenvalue weighted by Gasteiger charge is 2.45. The molecule has 0 bridgehead atoms. The Balaban J connectivity index is 1.83. The van der Waals surface area contributed by atoms with Crippen molar-refractivity contribution in [2.24, 2.45) is 0 Å². The third kappa shape index (κ3) is 6.99. The van der Waals surface area contributed by atoms with Gasteiger partial charge in [0.1, 0.15) is 15.8 Å². The molecule has 0 saturated carbocycles. The van der Waals surface area contributed by atoms with E-state index < -0.39 is 50.3 Å². The molecule has 1 atom stereocenters. The van der Waals surface area contributed by atoms with E-state index in [4.69, 9.17) is 27.9 Å². The van der Waals surface area contributed by atoms with E-state index in [-0.39, 0.29) is 33.7 Å². The van der Waals surface area contributed by atoms with Gasteiger partial charge in [0.25, 0.3) is 5.91 Å². The van der Waals surface area contributed by atoms with Gasteiger partial charge in [0, 0.05) is 66.0 Å². The molecule has 1 fully saturated rings. The van der Waals surface area contributed by atoms with Crippen molar-refractivity contribution in [2.75, 3.05) is 26.5 Å². The lowest BCUT2D eigenvalue weighted by Gasteiger charge is -2.35. The minimum atomic E-state index is -4.18. The van der Waals surface area contributed by atoms with E-state index >= 15 is 4.39 Å². The molecule has 1 aliphatic heterocycles. The van der Waals surface area contributed by atoms with Crippen LogP contribution >= 0.6 is 23.2 Å². The maximum absolute atomic E-state index is 15.5. The molecule has 0 spiro atoms. The molecule has 1 saturated heterocycles. The number of sulfone groups is 1. The van der Waals surface area contributed by atoms with Crippen LogP contribution in [-0.2, 0) is 24.7 Å². The molecule has 9 nitrogen and oxygen atoms in total. The predicted octanol–water partition coefficient (Wildman–Crippen LogP) is 3.62. The number of methoxy groups -OCH3 is 1. The number of benzene rings is 1. The number of sulfonamides is 1. The van der Waals surface area contributed by atoms with E-state index in [0.29, 0.717) is 11.3 Å². The van der Waals surface area contributed by atoms with E-state index in [2.05, 4.69) is 10.3 Å². The Hall–Kier alpha value is -2.25. The fourth-order valence-electron chi connectivity index (χ4n) is 3.76. The Bertz CT molecular complexity index is 1430. The summed E-state index contributed by atoms with van der Waals surface area (Å²) in [4.78, 5) is 16.3. The molecule has 0 radical (unpaired) electrons. The summed E-state index contributed by atoms with van der Waals surface area (Å²) in [5.74, 6) is -0.491. The highest BCUT2D eigenvalue weighted by molar-refractivity contribution is 7.93. The number of halogens is 3. The van der Waals surface area contributed by atoms with Gasteiger partial charge in [-0.2, -0.15) is 4.31 Å². The molecule has 1 aromatic carbocycles. The van der Waals surface area contributed by atoms with Crippen molar-refractivity contribution in [3.05, 3.63) is 52.1 Å². The van der Waals surface area contributed by atoms with E-state index in [1.54, 1.807) is 18.2 Å². The third-order valence-corrected chi connectivity index (χ3v) is 8.92. The lowest BCUT2D eigenvalue weighted by atomic mass is 9.93. The zero-order valence-electron chi connectivity index (χ0n) is 20.2. The molecule has 2 heterocycles. The Morgan fingerprint density at radius 1 is 1.19 bits per heavy atom. The highest BCUT2D eigenvalue weighted by Crippen LogP contribution is 2.38. The van der Waals surface area contributed by atoms with Crippen LogP contribution in [0.4, 0.5) is 4.39 Å². The zero-order valence-corrected chi connectivity index (χ0v) is 23.4. The lowest BCUT2D eigenvalue weighted by molar-refractivity contribution is -0.135. The molecule has 37 heavy (non-hydrogen) atoms. The van der Waals surface area contributed by atoms with Gasteiger partial charge in [-0.3, -0.25) is 4.79 Å². The van der Waals surface area contributed by atoms with Crippen LogP contribution in [0.1, 0.15) is 19.8 Å². The average molecular weight is 595 g/mol. The van der Waals surface area contributed by atoms with Crippen molar-refractivity contribution in [1.82, 2.24) is 14.6 Å². The number of amides is 1. The first-order valence-electron chi connectivity index (χ1n) is 11.0. The summed E-state index contributed by atoms with van der Waals surface area (Å²) >= 11 is 12.4. The quantitative estimate of drug-likeness (QED) is 0.464. The molecule has 202 valence electrons. The number of carbonyl (C=O) groups is 1. The molecule has 1 N–H and O–H groups in total. The molecule has 0 aliphatic carbocycles. The number of hydrogen-bond donors (Lipinski definition) is 1. The maximum atomic E-state index is 15.5. The van der Waals surface area contributed by atoms with Gasteiger partial charge in [-0.05, 0) is 31.2 Å². The van der Waals surface area contributed by atoms with Gasteiger partial charge in [0.2, 0.25) is 10.0 Å². The van der Waals surface area contributed by atoms with Crippen molar-refractivity contribution in [2.45, 2.75) is 36.4 Å². The molecule has 1 unspecified atom stereocenters. The number of hydrogen-bond acceptors (Lipinski definition) is 7. The summed E-state index contributed by atoms with van der Waals surface area (Å²) in [5.41, 5.74) is -1.77. The fraction of sp³-hybridized carbons (Fsp3) is 0.391. The topological polar surface area (TPSA) is 123 Å². The van der Waals surface area contributed by atoms with Crippen molar-refractivity contribution < 1.29 is 30.8 Å². The summed E-state index contributed by atoms with van der Waals surface area (Å²) in [6.45, 7) is 0.961. The summed E-state index contributed by atoms with van der Waals surface area (Å²) in [6, 6.07) is 5.38. The van der Waals surface area contributed by atoms with Crippen molar-refractivity contribution >= 4 is 49.0 Å². The molecule has 1 aromatic heterocycles. The van der Waals surface area contributed by atoms with Crippen molar-refractivity contribution in [3.63, 3.8) is 0 Å². The smallest absolute Gasteiger partial charge is 0.258 e. The summed E-state index contributed by atoms with van der Waals surface area (Å²) < 4.78 is 71.4. The van der Waals surface area contributed by atoms with Crippen LogP contribution in [0.25, 0.3) is 11.1 Å². The van der Waals surface area contributed by atoms with Gasteiger partial charge in [-0.25, -0.2) is 26.2 Å². The SMILES string of the molecule is COc1ccc(Cl)c(-c2cc(Cl)ncc2S(=O)(=O)N2CCC(F)(C(=O)NC(C)C=CS(C)(=O)=O)CC2)c1. The van der Waals surface area contributed by atoms with E-state index in [9.17, 15) is 21.6 Å². The molecular formula is C23H26Cl2FN3O6S2. The lowest BCUT2D eigenvalue weighted by Crippen LogP contribution is -2.53. The summed E-state index contributed by atoms with van der Waals surface area (Å²) in [7, 11) is -6.13. The maximum Gasteiger partial charge on any atom is 0.258 e. The second-order valence-corrected chi connectivity index (χ2v) is 13.3. The molecular weight excluding hydrogens is 568 g/mol. The van der Waals surface area contributed by atoms with Crippen LogP contribution in [0.5, 0.6) is 5.75 Å². The minimum absolute atomic E-state index is 0.0463. The average Bonchev–Trinajstić information content (AvgIpc) is 2.82. The molecule has 2 aromatic rings. The van der Waals surface area contributed by atoms with Crippen LogP contribution < -0.4 is 10.1 Å². The minimum Gasteiger partial charge on any atom is -0.497 e. The van der Waals surface area contributed by atoms with E-state index in [0.717, 1.165) is 22.2 Å². The number of rotatable bonds is 8. The number of aromatic nitrogens is 1. The Kier molecular flexibility index (Phi) is 8.90. The second-order valence-electron chi connectivity index (χ2n) is 8.64. The molecule has 1 aliphatic rings. The number of pyridine rings is 1. The number of nitrogens with one attached hydrogen (secondary N) is 1. The van der Waals surface area contributed by atoms with Crippen LogP contribution in [0.15, 0.2) is 46.8 Å². The monoisotopic (exact) mass is 593 g/mol. The van der Waals surface area contributed by atoms with Crippen molar-refractivity contribution in [1.29, 1.82) is 0 Å². The number of alkyl halides is 1. The van der Waals surface area contributed by atoms with E-state index in [1.807, 2.05) is 0 Å². The Morgan fingerprint density at radius 2 is 1.84 bits per heavy atom. The molecule has 14 heteroatoms. The standard InChI is InChI=1S/C23H26Cl2FN3O6S2/c1-15(6-11-36(3,31)32)28-22(30)23(26)7-9-29(10-8-23)37(33,34)20-14-27-21(25)13-18(20)17-12-16(35-2)4-5-19(17)24/h4-6,11-15H,7-10H2,1-3H3,(H,28,30). The first kappa shape index (κ1) is 29.3. The normalized spacial score (nSPS) is 17.5. The van der Waals surface area contributed by atoms with Crippen molar-refractivity contribution in [3.8, 4) is 16.9 Å². The number of piperidine rings is 1. The Labute approximate surface area is 225 Å². The van der Waals surface area contributed by atoms with Gasteiger partial charge in [0.05, 0.1) is 7.11 Å². The van der Waals surface area contributed by atoms with Crippen LogP contribution in [0.3, 0.4) is 0 Å². The third-order valence-electron chi connectivity index (χ3n) is 5.81. The highest BCUT2D eigenvalue weighted by atomic mass is 35.5. The van der Waals surface area contributed by atoms with Crippen LogP contribution in [0, 0.1) is 0 Å². The second kappa shape index (κ2) is 11.2. The first-order chi connectivity index (χ1) is 17.2. The van der Waals surface area contributed by atoms with Gasteiger partial charge in [-0.1, -0.05) is 29.3 Å². The van der Waals surface area contributed by atoms with E-state index in [1.165, 1.54) is 26.2 Å². The Morgan fingerprint density at radius 3 is 2.43 bits per heavy atom. The summed E-state index contributed by atoms with van der Waals surface area (Å²) in [5, 5.41) is 3.65. The first-order valence-corrected chi connectivity index (χ1v) is 15.2. The predicted molar refractivity (Wildman–Crippen MR) is 140 cm³/mol. The largest absolute Gasteiger partial charge is 0.497 e. The molecule has 3 rings (SSSR count). The van der Waals surface area contributed by atoms with Crippen LogP contribution in [0.2, 0.25) is 10.2 Å². The van der Waals surface area contributed by atoms with Gasteiger partial charge in [-0.15, -0.1) is 0 Å². The zero-order chi connectivity index (χ0) is 27.6. The van der Waals surface area contributed by atoms with Gasteiger partial charge < -0.3 is 10.1 Å². The summed E-state index contributed by atoms with van der Waals surface area (Å²) in [6.07, 6.45) is 2.56. The molecule has 1 amide bonds. The van der Waals surface area contributed by atoms with Gasteiger partial charge >= 0.3 is 0 Å². The fourth-order valence-corrected chi connectivity index (χ4v) is 6.24. The van der Waals surface area contributed by atoms with Crippen LogP contribution in [-0.4, -0.2) is 70.2 Å². The number of ether oxygens (including phenoxy) is 1. The van der Waals surface area contributed by atoms with Gasteiger partial charge in [0.15, 0.2) is 15.5 Å². The number of carbonyl (C=O) groups excluding carboxylic acids is 1.